The first-order chi connectivity index (χ1) is 10.2. The number of carbonyl (C=O) groups is 1. The summed E-state index contributed by atoms with van der Waals surface area (Å²) in [6.45, 7) is 3.25. The Labute approximate surface area is 124 Å². The normalized spacial score (nSPS) is 21.8. The van der Waals surface area contributed by atoms with Gasteiger partial charge in [0.05, 0.1) is 12.5 Å². The van der Waals surface area contributed by atoms with Gasteiger partial charge in [-0.15, -0.1) is 0 Å². The van der Waals surface area contributed by atoms with E-state index in [0.717, 1.165) is 32.1 Å². The van der Waals surface area contributed by atoms with Crippen LogP contribution in [0, 0.1) is 11.8 Å². The van der Waals surface area contributed by atoms with E-state index in [2.05, 4.69) is 15.3 Å². The number of aromatic nitrogens is 2. The summed E-state index contributed by atoms with van der Waals surface area (Å²) in [6, 6.07) is 1.72. The van der Waals surface area contributed by atoms with E-state index in [-0.39, 0.29) is 11.8 Å². The minimum Gasteiger partial charge on any atom is -0.481 e. The molecule has 0 aliphatic heterocycles. The first-order valence-corrected chi connectivity index (χ1v) is 7.63. The highest BCUT2D eigenvalue weighted by atomic mass is 16.5. The summed E-state index contributed by atoms with van der Waals surface area (Å²) in [5.74, 6) is 0.236. The molecule has 6 nitrogen and oxygen atoms in total. The first kappa shape index (κ1) is 15.5. The summed E-state index contributed by atoms with van der Waals surface area (Å²) in [7, 11) is 0. The molecule has 0 bridgehead atoms. The predicted molar refractivity (Wildman–Crippen MR) is 79.4 cm³/mol. The van der Waals surface area contributed by atoms with Gasteiger partial charge in [0, 0.05) is 18.8 Å². The smallest absolute Gasteiger partial charge is 0.306 e. The zero-order valence-electron chi connectivity index (χ0n) is 12.4. The number of carboxylic acids is 1. The van der Waals surface area contributed by atoms with Crippen molar-refractivity contribution in [2.75, 3.05) is 18.5 Å². The maximum absolute atomic E-state index is 11.3. The van der Waals surface area contributed by atoms with Crippen LogP contribution in [0.1, 0.15) is 39.0 Å². The molecule has 2 rings (SSSR count). The highest BCUT2D eigenvalue weighted by molar-refractivity contribution is 5.70. The second-order valence-electron chi connectivity index (χ2n) is 5.44. The van der Waals surface area contributed by atoms with Crippen molar-refractivity contribution < 1.29 is 14.6 Å². The van der Waals surface area contributed by atoms with Crippen molar-refractivity contribution in [2.45, 2.75) is 39.0 Å². The molecule has 1 heterocycles. The van der Waals surface area contributed by atoms with Crippen LogP contribution in [0.4, 0.5) is 5.95 Å². The lowest BCUT2D eigenvalue weighted by molar-refractivity contribution is -0.144. The standard InChI is InChI=1S/C15H23N3O3/c1-2-9-21-13-7-8-16-15(18-13)17-10-11-5-3-4-6-12(11)14(19)20/h7-8,11-12H,2-6,9-10H2,1H3,(H,19,20)(H,16,17,18). The lowest BCUT2D eigenvalue weighted by atomic mass is 9.79. The van der Waals surface area contributed by atoms with Crippen molar-refractivity contribution in [1.29, 1.82) is 0 Å². The third-order valence-corrected chi connectivity index (χ3v) is 3.83. The molecule has 0 amide bonds. The van der Waals surface area contributed by atoms with E-state index >= 15 is 0 Å². The van der Waals surface area contributed by atoms with E-state index in [0.29, 0.717) is 25.0 Å². The highest BCUT2D eigenvalue weighted by Crippen LogP contribution is 2.30. The molecule has 1 aliphatic rings. The molecular weight excluding hydrogens is 270 g/mol. The fourth-order valence-electron chi connectivity index (χ4n) is 2.71. The number of anilines is 1. The largest absolute Gasteiger partial charge is 0.481 e. The molecular formula is C15H23N3O3. The number of rotatable bonds is 7. The Kier molecular flexibility index (Phi) is 5.78. The van der Waals surface area contributed by atoms with Gasteiger partial charge in [0.1, 0.15) is 0 Å². The SMILES string of the molecule is CCCOc1ccnc(NCC2CCCCC2C(=O)O)n1. The van der Waals surface area contributed by atoms with Crippen molar-refractivity contribution >= 4 is 11.9 Å². The molecule has 2 atom stereocenters. The molecule has 116 valence electrons. The minimum atomic E-state index is -0.692. The second-order valence-corrected chi connectivity index (χ2v) is 5.44. The topological polar surface area (TPSA) is 84.3 Å². The summed E-state index contributed by atoms with van der Waals surface area (Å²) in [6.07, 6.45) is 6.38. The Morgan fingerprint density at radius 3 is 3.05 bits per heavy atom. The summed E-state index contributed by atoms with van der Waals surface area (Å²) >= 11 is 0. The van der Waals surface area contributed by atoms with Crippen LogP contribution in [-0.4, -0.2) is 34.2 Å². The summed E-state index contributed by atoms with van der Waals surface area (Å²) in [5.41, 5.74) is 0. The van der Waals surface area contributed by atoms with Gasteiger partial charge >= 0.3 is 5.97 Å². The molecule has 1 fully saturated rings. The van der Waals surface area contributed by atoms with Gasteiger partial charge in [0.25, 0.3) is 0 Å². The molecule has 2 N–H and O–H groups in total. The van der Waals surface area contributed by atoms with Gasteiger partial charge in [-0.2, -0.15) is 4.98 Å². The molecule has 0 radical (unpaired) electrons. The van der Waals surface area contributed by atoms with Crippen LogP contribution in [0.15, 0.2) is 12.3 Å². The Bertz CT molecular complexity index is 467. The molecule has 0 spiro atoms. The Morgan fingerprint density at radius 1 is 1.48 bits per heavy atom. The molecule has 1 saturated carbocycles. The van der Waals surface area contributed by atoms with E-state index in [1.54, 1.807) is 12.3 Å². The van der Waals surface area contributed by atoms with Gasteiger partial charge in [-0.1, -0.05) is 19.8 Å². The lowest BCUT2D eigenvalue weighted by Crippen LogP contribution is -2.32. The summed E-state index contributed by atoms with van der Waals surface area (Å²) < 4.78 is 5.46. The summed E-state index contributed by atoms with van der Waals surface area (Å²) in [5, 5.41) is 12.4. The number of hydrogen-bond donors (Lipinski definition) is 2. The highest BCUT2D eigenvalue weighted by Gasteiger charge is 2.30. The van der Waals surface area contributed by atoms with Crippen molar-refractivity contribution in [1.82, 2.24) is 9.97 Å². The van der Waals surface area contributed by atoms with Crippen molar-refractivity contribution in [3.8, 4) is 5.88 Å². The zero-order chi connectivity index (χ0) is 15.1. The minimum absolute atomic E-state index is 0.139. The van der Waals surface area contributed by atoms with E-state index in [1.165, 1.54) is 0 Å². The van der Waals surface area contributed by atoms with Gasteiger partial charge in [0.15, 0.2) is 0 Å². The van der Waals surface area contributed by atoms with E-state index < -0.39 is 5.97 Å². The summed E-state index contributed by atoms with van der Waals surface area (Å²) in [4.78, 5) is 19.7. The van der Waals surface area contributed by atoms with Crippen LogP contribution >= 0.6 is 0 Å². The van der Waals surface area contributed by atoms with Gasteiger partial charge in [0.2, 0.25) is 11.8 Å². The van der Waals surface area contributed by atoms with Crippen molar-refractivity contribution in [2.24, 2.45) is 11.8 Å². The van der Waals surface area contributed by atoms with Gasteiger partial charge < -0.3 is 15.2 Å². The van der Waals surface area contributed by atoms with Gasteiger partial charge in [-0.25, -0.2) is 4.98 Å². The molecule has 0 saturated heterocycles. The molecule has 2 unspecified atom stereocenters. The van der Waals surface area contributed by atoms with Crippen LogP contribution in [0.25, 0.3) is 0 Å². The quantitative estimate of drug-likeness (QED) is 0.803. The Morgan fingerprint density at radius 2 is 2.29 bits per heavy atom. The number of carboxylic acid groups (broad SMARTS) is 1. The fourth-order valence-corrected chi connectivity index (χ4v) is 2.71. The average molecular weight is 293 g/mol. The number of nitrogens with zero attached hydrogens (tertiary/aromatic N) is 2. The van der Waals surface area contributed by atoms with Gasteiger partial charge in [-0.3, -0.25) is 4.79 Å². The first-order valence-electron chi connectivity index (χ1n) is 7.63. The fraction of sp³-hybridized carbons (Fsp3) is 0.667. The Hall–Kier alpha value is -1.85. The van der Waals surface area contributed by atoms with Gasteiger partial charge in [-0.05, 0) is 25.2 Å². The molecule has 1 aromatic heterocycles. The third-order valence-electron chi connectivity index (χ3n) is 3.83. The van der Waals surface area contributed by atoms with E-state index in [1.807, 2.05) is 6.92 Å². The van der Waals surface area contributed by atoms with Crippen LogP contribution in [0.3, 0.4) is 0 Å². The maximum atomic E-state index is 11.3. The monoisotopic (exact) mass is 293 g/mol. The van der Waals surface area contributed by atoms with Crippen LogP contribution in [0.5, 0.6) is 5.88 Å². The third kappa shape index (κ3) is 4.58. The molecule has 1 aliphatic carbocycles. The Balaban J connectivity index is 1.90. The number of hydrogen-bond acceptors (Lipinski definition) is 5. The average Bonchev–Trinajstić information content (AvgIpc) is 2.51. The second kappa shape index (κ2) is 7.81. The molecule has 21 heavy (non-hydrogen) atoms. The predicted octanol–water partition coefficient (Wildman–Crippen LogP) is 2.57. The number of ether oxygens (including phenoxy) is 1. The maximum Gasteiger partial charge on any atom is 0.306 e. The molecule has 6 heteroatoms. The van der Waals surface area contributed by atoms with Crippen LogP contribution in [-0.2, 0) is 4.79 Å². The molecule has 1 aromatic rings. The van der Waals surface area contributed by atoms with Crippen LogP contribution < -0.4 is 10.1 Å². The lowest BCUT2D eigenvalue weighted by Gasteiger charge is -2.28. The van der Waals surface area contributed by atoms with Crippen LogP contribution in [0.2, 0.25) is 0 Å². The van der Waals surface area contributed by atoms with Crippen molar-refractivity contribution in [3.05, 3.63) is 12.3 Å². The van der Waals surface area contributed by atoms with Crippen molar-refractivity contribution in [3.63, 3.8) is 0 Å². The van der Waals surface area contributed by atoms with E-state index in [4.69, 9.17) is 4.74 Å². The van der Waals surface area contributed by atoms with E-state index in [9.17, 15) is 9.90 Å². The molecule has 0 aromatic carbocycles. The number of nitrogens with one attached hydrogen (secondary N) is 1. The zero-order valence-corrected chi connectivity index (χ0v) is 12.4. The number of aliphatic carboxylic acids is 1.